The highest BCUT2D eigenvalue weighted by Crippen LogP contribution is 2.55. The Hall–Kier alpha value is -5.12. The van der Waals surface area contributed by atoms with E-state index in [9.17, 15) is 29.2 Å². The number of benzene rings is 2. The number of nitrogens with zero attached hydrogens (tertiary/aromatic N) is 4. The number of ether oxygens (including phenoxy) is 1. The summed E-state index contributed by atoms with van der Waals surface area (Å²) < 4.78 is 6.35. The maximum atomic E-state index is 13.3. The van der Waals surface area contributed by atoms with Crippen LogP contribution in [-0.2, 0) is 16.0 Å². The summed E-state index contributed by atoms with van der Waals surface area (Å²) in [5.74, 6) is -1.27. The van der Waals surface area contributed by atoms with Crippen LogP contribution in [0, 0.1) is 22.2 Å². The number of nitriles is 1. The van der Waals surface area contributed by atoms with E-state index in [0.29, 0.717) is 33.0 Å². The molecular weight excluding hydrogens is 732 g/mol. The normalized spacial score (nSPS) is 23.2. The van der Waals surface area contributed by atoms with Crippen LogP contribution in [-0.4, -0.2) is 82.1 Å². The van der Waals surface area contributed by atoms with Gasteiger partial charge in [0.05, 0.1) is 27.3 Å². The average molecular weight is 779 g/mol. The first-order valence-electron chi connectivity index (χ1n) is 19.4. The molecule has 3 aliphatic heterocycles. The number of pyridine rings is 1. The number of imide groups is 2. The van der Waals surface area contributed by atoms with E-state index in [2.05, 4.69) is 54.3 Å². The topological polar surface area (TPSA) is 162 Å². The van der Waals surface area contributed by atoms with E-state index in [1.54, 1.807) is 30.5 Å². The molecule has 3 aromatic rings. The second-order valence-electron chi connectivity index (χ2n) is 16.7. The number of hydrogen-bond donors (Lipinski definition) is 2. The van der Waals surface area contributed by atoms with Crippen molar-refractivity contribution in [1.82, 2.24) is 25.4 Å². The zero-order chi connectivity index (χ0) is 39.9. The molecule has 13 heteroatoms. The summed E-state index contributed by atoms with van der Waals surface area (Å²) in [6.45, 7) is 11.1. The molecule has 2 N–H and O–H groups in total. The number of unbranched alkanes of at least 4 members (excludes halogenated alkanes) is 1. The van der Waals surface area contributed by atoms with Crippen LogP contribution in [0.2, 0.25) is 5.02 Å². The van der Waals surface area contributed by atoms with Gasteiger partial charge in [-0.15, -0.1) is 0 Å². The van der Waals surface area contributed by atoms with Gasteiger partial charge in [-0.2, -0.15) is 5.26 Å². The van der Waals surface area contributed by atoms with Crippen molar-refractivity contribution in [2.75, 3.05) is 19.6 Å². The Morgan fingerprint density at radius 1 is 0.964 bits per heavy atom. The minimum absolute atomic E-state index is 0.0933. The predicted molar refractivity (Wildman–Crippen MR) is 208 cm³/mol. The number of piperidine rings is 2. The lowest BCUT2D eigenvalue weighted by molar-refractivity contribution is -0.164. The molecule has 0 spiro atoms. The lowest BCUT2D eigenvalue weighted by atomic mass is 9.49. The van der Waals surface area contributed by atoms with Crippen LogP contribution in [0.4, 0.5) is 0 Å². The Labute approximate surface area is 331 Å². The number of aryl methyl sites for hydroxylation is 1. The van der Waals surface area contributed by atoms with E-state index in [1.165, 1.54) is 0 Å². The van der Waals surface area contributed by atoms with Crippen LogP contribution >= 0.6 is 11.6 Å². The number of hydrogen-bond acceptors (Lipinski definition) is 9. The van der Waals surface area contributed by atoms with Gasteiger partial charge >= 0.3 is 0 Å². The molecule has 7 rings (SSSR count). The number of aromatic nitrogens is 1. The summed E-state index contributed by atoms with van der Waals surface area (Å²) in [5, 5.41) is 15.0. The SMILES string of the molecule is CC1(C)C(NC(=O)c2ccc(CCCCN3CCC(c4ccc5c(c4)C(=O)N(C4CCC(=O)NC4=O)C5=O)CC3)nc2)C(C)(C)C1Oc1ccc(C#N)c(Cl)c1. The third kappa shape index (κ3) is 7.42. The van der Waals surface area contributed by atoms with E-state index in [1.807, 2.05) is 24.3 Å². The van der Waals surface area contributed by atoms with Crippen molar-refractivity contribution >= 4 is 41.1 Å². The number of carbonyl (C=O) groups excluding carboxylic acids is 5. The quantitative estimate of drug-likeness (QED) is 0.181. The third-order valence-electron chi connectivity index (χ3n) is 12.2. The second-order valence-corrected chi connectivity index (χ2v) is 17.1. The molecule has 1 aliphatic carbocycles. The second kappa shape index (κ2) is 15.4. The zero-order valence-electron chi connectivity index (χ0n) is 32.2. The summed E-state index contributed by atoms with van der Waals surface area (Å²) in [5.41, 5.74) is 2.79. The number of likely N-dealkylation sites (tertiary alicyclic amines) is 1. The smallest absolute Gasteiger partial charge is 0.262 e. The van der Waals surface area contributed by atoms with Crippen molar-refractivity contribution in [3.8, 4) is 11.8 Å². The Balaban J connectivity index is 0.841. The van der Waals surface area contributed by atoms with Gasteiger partial charge in [0.15, 0.2) is 0 Å². The first-order valence-corrected chi connectivity index (χ1v) is 19.8. The highest BCUT2D eigenvalue weighted by molar-refractivity contribution is 6.31. The minimum Gasteiger partial charge on any atom is -0.489 e. The van der Waals surface area contributed by atoms with Gasteiger partial charge in [0.2, 0.25) is 11.8 Å². The molecule has 12 nitrogen and oxygen atoms in total. The molecule has 292 valence electrons. The van der Waals surface area contributed by atoms with Crippen LogP contribution in [0.3, 0.4) is 0 Å². The van der Waals surface area contributed by atoms with Gasteiger partial charge in [0.1, 0.15) is 24.0 Å². The lowest BCUT2D eigenvalue weighted by Gasteiger charge is -2.63. The van der Waals surface area contributed by atoms with E-state index in [0.717, 1.165) is 67.9 Å². The summed E-state index contributed by atoms with van der Waals surface area (Å²) >= 11 is 6.23. The van der Waals surface area contributed by atoms with Gasteiger partial charge in [0.25, 0.3) is 17.7 Å². The van der Waals surface area contributed by atoms with Gasteiger partial charge in [-0.05, 0) is 106 Å². The fourth-order valence-electron chi connectivity index (χ4n) is 9.39. The summed E-state index contributed by atoms with van der Waals surface area (Å²) in [6, 6.07) is 15.2. The van der Waals surface area contributed by atoms with Crippen LogP contribution in [0.1, 0.15) is 120 Å². The summed E-state index contributed by atoms with van der Waals surface area (Å²) in [7, 11) is 0. The van der Waals surface area contributed by atoms with Crippen molar-refractivity contribution in [2.24, 2.45) is 10.8 Å². The van der Waals surface area contributed by atoms with E-state index >= 15 is 0 Å². The number of nitrogens with one attached hydrogen (secondary N) is 2. The van der Waals surface area contributed by atoms with Crippen molar-refractivity contribution < 1.29 is 28.7 Å². The number of rotatable bonds is 11. The molecule has 4 heterocycles. The molecule has 3 fully saturated rings. The highest BCUT2D eigenvalue weighted by atomic mass is 35.5. The van der Waals surface area contributed by atoms with Gasteiger partial charge < -0.3 is 15.0 Å². The summed E-state index contributed by atoms with van der Waals surface area (Å²) in [4.78, 5) is 71.8. The molecule has 56 heavy (non-hydrogen) atoms. The standard InChI is InChI=1S/C43H47ClN6O6/c1-42(2)40(43(3,4)41(42)56-30-12-9-27(23-45)33(44)22-30)48-36(52)28-8-11-29(46-24-28)7-5-6-18-49-19-16-25(17-20-49)26-10-13-31-32(21-26)39(55)50(38(31)54)34-14-15-35(51)47-37(34)53/h8-13,21-22,24-25,34,40-41H,5-7,14-20H2,1-4H3,(H,48,52)(H,47,51,53). The Morgan fingerprint density at radius 3 is 2.36 bits per heavy atom. The van der Waals surface area contributed by atoms with Gasteiger partial charge in [-0.3, -0.25) is 39.2 Å². The van der Waals surface area contributed by atoms with Crippen molar-refractivity contribution in [3.05, 3.63) is 93.3 Å². The van der Waals surface area contributed by atoms with Gasteiger partial charge in [-0.1, -0.05) is 45.4 Å². The van der Waals surface area contributed by atoms with Crippen LogP contribution in [0.25, 0.3) is 0 Å². The average Bonchev–Trinajstić information content (AvgIpc) is 3.42. The maximum Gasteiger partial charge on any atom is 0.262 e. The first kappa shape index (κ1) is 39.1. The fraction of sp³-hybridized carbons (Fsp3) is 0.465. The molecular formula is C43H47ClN6O6. The predicted octanol–water partition coefficient (Wildman–Crippen LogP) is 5.82. The van der Waals surface area contributed by atoms with E-state index in [4.69, 9.17) is 16.3 Å². The summed E-state index contributed by atoms with van der Waals surface area (Å²) in [6.07, 6.45) is 6.38. The minimum atomic E-state index is -0.966. The Morgan fingerprint density at radius 2 is 1.70 bits per heavy atom. The number of fused-ring (bicyclic) bond motifs is 1. The first-order chi connectivity index (χ1) is 26.7. The van der Waals surface area contributed by atoms with E-state index in [-0.39, 0.29) is 47.6 Å². The van der Waals surface area contributed by atoms with Crippen LogP contribution in [0.5, 0.6) is 5.75 Å². The number of carbonyl (C=O) groups is 5. The molecule has 5 amide bonds. The number of halogens is 1. The molecule has 1 aromatic heterocycles. The van der Waals surface area contributed by atoms with E-state index < -0.39 is 29.7 Å². The van der Waals surface area contributed by atoms with Crippen LogP contribution in [0.15, 0.2) is 54.7 Å². The monoisotopic (exact) mass is 778 g/mol. The van der Waals surface area contributed by atoms with Crippen molar-refractivity contribution in [2.45, 2.75) is 96.7 Å². The molecule has 4 aliphatic rings. The Bertz CT molecular complexity index is 2100. The highest BCUT2D eigenvalue weighted by Gasteiger charge is 2.64. The molecule has 1 atom stereocenters. The van der Waals surface area contributed by atoms with Gasteiger partial charge in [0, 0.05) is 41.2 Å². The Kier molecular flexibility index (Phi) is 10.8. The van der Waals surface area contributed by atoms with Crippen molar-refractivity contribution in [3.63, 3.8) is 0 Å². The number of amides is 5. The molecule has 0 bridgehead atoms. The zero-order valence-corrected chi connectivity index (χ0v) is 32.9. The molecule has 0 radical (unpaired) electrons. The largest absolute Gasteiger partial charge is 0.489 e. The van der Waals surface area contributed by atoms with Crippen LogP contribution < -0.4 is 15.4 Å². The fourth-order valence-corrected chi connectivity index (χ4v) is 9.60. The van der Waals surface area contributed by atoms with Gasteiger partial charge in [-0.25, -0.2) is 0 Å². The molecule has 1 saturated carbocycles. The molecule has 2 saturated heterocycles. The molecule has 2 aromatic carbocycles. The maximum absolute atomic E-state index is 13.3. The van der Waals surface area contributed by atoms with Crippen molar-refractivity contribution in [1.29, 1.82) is 5.26 Å². The molecule has 1 unspecified atom stereocenters. The lowest BCUT2D eigenvalue weighted by Crippen LogP contribution is -2.74. The third-order valence-corrected chi connectivity index (χ3v) is 12.5.